The van der Waals surface area contributed by atoms with Crippen LogP contribution in [0.25, 0.3) is 0 Å². The standard InChI is InChI=1S/C13H13BrClN3/c1-8(9-2-4-10(14)5-3-9)17-13-11(16)6-7-12(15)18-13/h2-8H,16H2,1H3,(H,17,18). The van der Waals surface area contributed by atoms with E-state index in [1.54, 1.807) is 12.1 Å². The fraction of sp³-hybridized carbons (Fsp3) is 0.154. The van der Waals surface area contributed by atoms with Crippen LogP contribution >= 0.6 is 27.5 Å². The Morgan fingerprint density at radius 1 is 1.22 bits per heavy atom. The molecule has 0 spiro atoms. The molecule has 5 heteroatoms. The lowest BCUT2D eigenvalue weighted by Gasteiger charge is -2.16. The van der Waals surface area contributed by atoms with E-state index in [1.807, 2.05) is 31.2 Å². The van der Waals surface area contributed by atoms with E-state index in [1.165, 1.54) is 0 Å². The van der Waals surface area contributed by atoms with Crippen molar-refractivity contribution in [2.24, 2.45) is 0 Å². The topological polar surface area (TPSA) is 50.9 Å². The average Bonchev–Trinajstić information content (AvgIpc) is 2.34. The lowest BCUT2D eigenvalue weighted by Crippen LogP contribution is -2.09. The zero-order chi connectivity index (χ0) is 13.1. The summed E-state index contributed by atoms with van der Waals surface area (Å²) in [5.74, 6) is 0.609. The van der Waals surface area contributed by atoms with Crippen LogP contribution in [0.15, 0.2) is 40.9 Å². The third kappa shape index (κ3) is 3.15. The highest BCUT2D eigenvalue weighted by molar-refractivity contribution is 9.10. The minimum atomic E-state index is 0.103. The van der Waals surface area contributed by atoms with Crippen LogP contribution in [0.4, 0.5) is 11.5 Å². The smallest absolute Gasteiger partial charge is 0.151 e. The summed E-state index contributed by atoms with van der Waals surface area (Å²) in [7, 11) is 0. The van der Waals surface area contributed by atoms with E-state index in [0.29, 0.717) is 16.7 Å². The monoisotopic (exact) mass is 325 g/mol. The molecule has 1 heterocycles. The van der Waals surface area contributed by atoms with Crippen molar-refractivity contribution in [2.75, 3.05) is 11.1 Å². The first-order chi connectivity index (χ1) is 8.56. The maximum absolute atomic E-state index is 5.85. The molecule has 0 aliphatic heterocycles. The summed E-state index contributed by atoms with van der Waals surface area (Å²) >= 11 is 9.27. The Labute approximate surface area is 119 Å². The maximum Gasteiger partial charge on any atom is 0.151 e. The minimum Gasteiger partial charge on any atom is -0.396 e. The van der Waals surface area contributed by atoms with Crippen molar-refractivity contribution in [3.8, 4) is 0 Å². The molecule has 1 atom stereocenters. The summed E-state index contributed by atoms with van der Waals surface area (Å²) in [5, 5.41) is 3.68. The van der Waals surface area contributed by atoms with Crippen molar-refractivity contribution in [1.29, 1.82) is 0 Å². The van der Waals surface area contributed by atoms with Crippen molar-refractivity contribution < 1.29 is 0 Å². The Morgan fingerprint density at radius 2 is 1.89 bits per heavy atom. The summed E-state index contributed by atoms with van der Waals surface area (Å²) in [6.07, 6.45) is 0. The summed E-state index contributed by atoms with van der Waals surface area (Å²) < 4.78 is 1.05. The third-order valence-corrected chi connectivity index (χ3v) is 3.35. The summed E-state index contributed by atoms with van der Waals surface area (Å²) in [6, 6.07) is 11.6. The molecule has 18 heavy (non-hydrogen) atoms. The lowest BCUT2D eigenvalue weighted by atomic mass is 10.1. The molecule has 0 saturated heterocycles. The Bertz CT molecular complexity index is 542. The van der Waals surface area contributed by atoms with Gasteiger partial charge in [-0.15, -0.1) is 0 Å². The average molecular weight is 327 g/mol. The van der Waals surface area contributed by atoms with Crippen molar-refractivity contribution in [2.45, 2.75) is 13.0 Å². The number of nitrogens with one attached hydrogen (secondary N) is 1. The van der Waals surface area contributed by atoms with Gasteiger partial charge in [-0.3, -0.25) is 0 Å². The van der Waals surface area contributed by atoms with Gasteiger partial charge in [0.2, 0.25) is 0 Å². The number of anilines is 2. The highest BCUT2D eigenvalue weighted by atomic mass is 79.9. The number of benzene rings is 1. The summed E-state index contributed by atoms with van der Waals surface area (Å²) in [6.45, 7) is 2.05. The van der Waals surface area contributed by atoms with Crippen LogP contribution in [-0.4, -0.2) is 4.98 Å². The molecule has 0 fully saturated rings. The number of aromatic nitrogens is 1. The van der Waals surface area contributed by atoms with Gasteiger partial charge < -0.3 is 11.1 Å². The Kier molecular flexibility index (Phi) is 4.09. The second-order valence-electron chi connectivity index (χ2n) is 3.99. The molecule has 1 aromatic heterocycles. The fourth-order valence-corrected chi connectivity index (χ4v) is 2.01. The number of hydrogen-bond donors (Lipinski definition) is 2. The number of halogens is 2. The van der Waals surface area contributed by atoms with Crippen LogP contribution in [0.3, 0.4) is 0 Å². The van der Waals surface area contributed by atoms with Crippen molar-refractivity contribution in [1.82, 2.24) is 4.98 Å². The van der Waals surface area contributed by atoms with Crippen LogP contribution in [0.1, 0.15) is 18.5 Å². The number of nitrogen functional groups attached to an aromatic ring is 1. The van der Waals surface area contributed by atoms with Gasteiger partial charge in [-0.2, -0.15) is 0 Å². The predicted octanol–water partition coefficient (Wildman–Crippen LogP) is 4.25. The molecule has 0 saturated carbocycles. The maximum atomic E-state index is 5.85. The van der Waals surface area contributed by atoms with Crippen LogP contribution in [0.2, 0.25) is 5.15 Å². The molecular weight excluding hydrogens is 314 g/mol. The van der Waals surface area contributed by atoms with E-state index in [2.05, 4.69) is 26.2 Å². The van der Waals surface area contributed by atoms with Crippen LogP contribution < -0.4 is 11.1 Å². The Morgan fingerprint density at radius 3 is 2.56 bits per heavy atom. The molecular formula is C13H13BrClN3. The minimum absolute atomic E-state index is 0.103. The molecule has 1 unspecified atom stereocenters. The van der Waals surface area contributed by atoms with Crippen LogP contribution in [0.5, 0.6) is 0 Å². The SMILES string of the molecule is CC(Nc1nc(Cl)ccc1N)c1ccc(Br)cc1. The van der Waals surface area contributed by atoms with Gasteiger partial charge in [0.1, 0.15) is 5.15 Å². The molecule has 0 bridgehead atoms. The number of hydrogen-bond acceptors (Lipinski definition) is 3. The van der Waals surface area contributed by atoms with Gasteiger partial charge in [0.15, 0.2) is 5.82 Å². The van der Waals surface area contributed by atoms with Crippen molar-refractivity contribution in [3.05, 3.63) is 51.6 Å². The van der Waals surface area contributed by atoms with Gasteiger partial charge >= 0.3 is 0 Å². The summed E-state index contributed by atoms with van der Waals surface area (Å²) in [5.41, 5.74) is 7.59. The molecule has 0 amide bonds. The number of pyridine rings is 1. The zero-order valence-corrected chi connectivity index (χ0v) is 12.2. The normalized spacial score (nSPS) is 12.2. The molecule has 0 aliphatic rings. The molecule has 3 N–H and O–H groups in total. The second-order valence-corrected chi connectivity index (χ2v) is 5.29. The van der Waals surface area contributed by atoms with E-state index < -0.39 is 0 Å². The molecule has 0 radical (unpaired) electrons. The first kappa shape index (κ1) is 13.2. The predicted molar refractivity (Wildman–Crippen MR) is 79.8 cm³/mol. The first-order valence-corrected chi connectivity index (χ1v) is 6.67. The number of nitrogens with two attached hydrogens (primary N) is 1. The second kappa shape index (κ2) is 5.59. The van der Waals surface area contributed by atoms with Crippen LogP contribution in [-0.2, 0) is 0 Å². The zero-order valence-electron chi connectivity index (χ0n) is 9.82. The van der Waals surface area contributed by atoms with Crippen LogP contribution in [0, 0.1) is 0 Å². The molecule has 2 rings (SSSR count). The Hall–Kier alpha value is -1.26. The molecule has 1 aromatic carbocycles. The third-order valence-electron chi connectivity index (χ3n) is 2.62. The molecule has 2 aromatic rings. The largest absolute Gasteiger partial charge is 0.396 e. The van der Waals surface area contributed by atoms with Gasteiger partial charge in [0, 0.05) is 4.47 Å². The van der Waals surface area contributed by atoms with Gasteiger partial charge in [0.05, 0.1) is 11.7 Å². The molecule has 94 valence electrons. The Balaban J connectivity index is 2.18. The van der Waals surface area contributed by atoms with Gasteiger partial charge in [-0.05, 0) is 36.8 Å². The van der Waals surface area contributed by atoms with E-state index >= 15 is 0 Å². The van der Waals surface area contributed by atoms with E-state index in [9.17, 15) is 0 Å². The molecule has 3 nitrogen and oxygen atoms in total. The van der Waals surface area contributed by atoms with Gasteiger partial charge in [0.25, 0.3) is 0 Å². The highest BCUT2D eigenvalue weighted by Crippen LogP contribution is 2.24. The highest BCUT2D eigenvalue weighted by Gasteiger charge is 2.08. The van der Waals surface area contributed by atoms with E-state index in [-0.39, 0.29) is 6.04 Å². The lowest BCUT2D eigenvalue weighted by molar-refractivity contribution is 0.875. The number of nitrogens with zero attached hydrogens (tertiary/aromatic N) is 1. The first-order valence-electron chi connectivity index (χ1n) is 5.50. The van der Waals surface area contributed by atoms with Gasteiger partial charge in [-0.25, -0.2) is 4.98 Å². The van der Waals surface area contributed by atoms with E-state index in [4.69, 9.17) is 17.3 Å². The quantitative estimate of drug-likeness (QED) is 0.829. The van der Waals surface area contributed by atoms with Crippen molar-refractivity contribution in [3.63, 3.8) is 0 Å². The van der Waals surface area contributed by atoms with Crippen molar-refractivity contribution >= 4 is 39.0 Å². The summed E-state index contributed by atoms with van der Waals surface area (Å²) in [4.78, 5) is 4.18. The number of rotatable bonds is 3. The fourth-order valence-electron chi connectivity index (χ4n) is 1.60. The molecule has 0 aliphatic carbocycles. The van der Waals surface area contributed by atoms with E-state index in [0.717, 1.165) is 10.0 Å². The van der Waals surface area contributed by atoms with Gasteiger partial charge in [-0.1, -0.05) is 39.7 Å².